The van der Waals surface area contributed by atoms with Crippen molar-refractivity contribution in [2.24, 2.45) is 10.4 Å². The summed E-state index contributed by atoms with van der Waals surface area (Å²) in [5.41, 5.74) is 4.43. The quantitative estimate of drug-likeness (QED) is 0.650. The Bertz CT molecular complexity index is 342. The normalized spacial score (nSPS) is 23.0. The molecule has 0 aromatic rings. The molecule has 1 heterocycles. The van der Waals surface area contributed by atoms with Gasteiger partial charge in [-0.1, -0.05) is 39.3 Å². The van der Waals surface area contributed by atoms with Crippen molar-refractivity contribution in [3.05, 3.63) is 23.4 Å². The van der Waals surface area contributed by atoms with Crippen molar-refractivity contribution in [3.8, 4) is 0 Å². The van der Waals surface area contributed by atoms with Gasteiger partial charge in [0, 0.05) is 16.8 Å². The van der Waals surface area contributed by atoms with E-state index in [4.69, 9.17) is 4.99 Å². The van der Waals surface area contributed by atoms with Gasteiger partial charge in [-0.15, -0.1) is 0 Å². The Labute approximate surface area is 93.0 Å². The highest BCUT2D eigenvalue weighted by atomic mass is 14.8. The summed E-state index contributed by atoms with van der Waals surface area (Å²) in [6.07, 6.45) is 10.6. The Balaban J connectivity index is 2.21. The SMILES string of the molecule is CCCCC1=NC2=C(C=CCC2)C1(C)C. The molecule has 0 spiro atoms. The Morgan fingerprint density at radius 3 is 2.87 bits per heavy atom. The second-order valence-electron chi connectivity index (χ2n) is 5.09. The lowest BCUT2D eigenvalue weighted by atomic mass is 9.77. The highest BCUT2D eigenvalue weighted by Crippen LogP contribution is 2.42. The molecule has 0 aromatic heterocycles. The summed E-state index contributed by atoms with van der Waals surface area (Å²) in [6.45, 7) is 6.88. The summed E-state index contributed by atoms with van der Waals surface area (Å²) in [5, 5.41) is 0. The van der Waals surface area contributed by atoms with Gasteiger partial charge in [0.15, 0.2) is 0 Å². The van der Waals surface area contributed by atoms with E-state index in [2.05, 4.69) is 32.9 Å². The van der Waals surface area contributed by atoms with Crippen molar-refractivity contribution < 1.29 is 0 Å². The molecule has 0 saturated carbocycles. The summed E-state index contributed by atoms with van der Waals surface area (Å²) < 4.78 is 0. The van der Waals surface area contributed by atoms with Gasteiger partial charge in [0.05, 0.1) is 0 Å². The molecule has 1 aliphatic heterocycles. The molecular formula is C14H21N. The third-order valence-electron chi connectivity index (χ3n) is 3.58. The number of hydrogen-bond acceptors (Lipinski definition) is 1. The van der Waals surface area contributed by atoms with Crippen LogP contribution >= 0.6 is 0 Å². The van der Waals surface area contributed by atoms with E-state index in [1.165, 1.54) is 42.7 Å². The van der Waals surface area contributed by atoms with E-state index < -0.39 is 0 Å². The second kappa shape index (κ2) is 3.96. The smallest absolute Gasteiger partial charge is 0.0447 e. The molecule has 1 nitrogen and oxygen atoms in total. The minimum atomic E-state index is 0.196. The highest BCUT2D eigenvalue weighted by molar-refractivity contribution is 5.96. The molecule has 0 amide bonds. The Morgan fingerprint density at radius 1 is 1.40 bits per heavy atom. The summed E-state index contributed by atoms with van der Waals surface area (Å²) >= 11 is 0. The van der Waals surface area contributed by atoms with Crippen molar-refractivity contribution in [2.75, 3.05) is 0 Å². The molecule has 1 aliphatic carbocycles. The van der Waals surface area contributed by atoms with Crippen LogP contribution in [0.15, 0.2) is 28.4 Å². The highest BCUT2D eigenvalue weighted by Gasteiger charge is 2.35. The molecule has 0 aromatic carbocycles. The van der Waals surface area contributed by atoms with Crippen LogP contribution in [0.4, 0.5) is 0 Å². The fourth-order valence-electron chi connectivity index (χ4n) is 2.51. The minimum absolute atomic E-state index is 0.196. The number of allylic oxidation sites excluding steroid dienone is 4. The first kappa shape index (κ1) is 10.7. The van der Waals surface area contributed by atoms with E-state index in [0.29, 0.717) is 0 Å². The maximum absolute atomic E-state index is 4.85. The lowest BCUT2D eigenvalue weighted by molar-refractivity contribution is 0.625. The van der Waals surface area contributed by atoms with Crippen LogP contribution in [0.25, 0.3) is 0 Å². The summed E-state index contributed by atoms with van der Waals surface area (Å²) in [6, 6.07) is 0. The van der Waals surface area contributed by atoms with Crippen molar-refractivity contribution >= 4 is 5.71 Å². The van der Waals surface area contributed by atoms with Gasteiger partial charge in [-0.25, -0.2) is 0 Å². The lowest BCUT2D eigenvalue weighted by Crippen LogP contribution is -2.22. The molecule has 0 bridgehead atoms. The third kappa shape index (κ3) is 1.80. The molecule has 0 atom stereocenters. The van der Waals surface area contributed by atoms with Crippen molar-refractivity contribution in [1.29, 1.82) is 0 Å². The van der Waals surface area contributed by atoms with Crippen LogP contribution in [-0.4, -0.2) is 5.71 Å². The number of unbranched alkanes of at least 4 members (excludes halogenated alkanes) is 1. The third-order valence-corrected chi connectivity index (χ3v) is 3.58. The number of aliphatic imine (C=N–C) groups is 1. The predicted octanol–water partition coefficient (Wildman–Crippen LogP) is 4.26. The number of nitrogens with zero attached hydrogens (tertiary/aromatic N) is 1. The maximum Gasteiger partial charge on any atom is 0.0447 e. The summed E-state index contributed by atoms with van der Waals surface area (Å²) in [5.74, 6) is 0. The Morgan fingerprint density at radius 2 is 2.20 bits per heavy atom. The van der Waals surface area contributed by atoms with Crippen LogP contribution in [0.5, 0.6) is 0 Å². The molecule has 1 heteroatoms. The van der Waals surface area contributed by atoms with Gasteiger partial charge < -0.3 is 0 Å². The van der Waals surface area contributed by atoms with Gasteiger partial charge in [0.25, 0.3) is 0 Å². The first-order valence-electron chi connectivity index (χ1n) is 6.14. The van der Waals surface area contributed by atoms with Crippen LogP contribution in [-0.2, 0) is 0 Å². The lowest BCUT2D eigenvalue weighted by Gasteiger charge is -2.24. The van der Waals surface area contributed by atoms with Gasteiger partial charge in [-0.05, 0) is 31.3 Å². The van der Waals surface area contributed by atoms with Crippen LogP contribution in [0.2, 0.25) is 0 Å². The zero-order valence-corrected chi connectivity index (χ0v) is 10.1. The minimum Gasteiger partial charge on any atom is -0.261 e. The van der Waals surface area contributed by atoms with Crippen LogP contribution in [0.1, 0.15) is 52.9 Å². The van der Waals surface area contributed by atoms with Gasteiger partial charge in [0.2, 0.25) is 0 Å². The first-order valence-corrected chi connectivity index (χ1v) is 6.14. The van der Waals surface area contributed by atoms with E-state index in [-0.39, 0.29) is 5.41 Å². The average molecular weight is 203 g/mol. The molecule has 0 fully saturated rings. The van der Waals surface area contributed by atoms with E-state index in [0.717, 1.165) is 6.42 Å². The predicted molar refractivity (Wildman–Crippen MR) is 66.1 cm³/mol. The Kier molecular flexibility index (Phi) is 2.81. The fourth-order valence-corrected chi connectivity index (χ4v) is 2.51. The largest absolute Gasteiger partial charge is 0.261 e. The molecular weight excluding hydrogens is 182 g/mol. The van der Waals surface area contributed by atoms with Gasteiger partial charge in [0.1, 0.15) is 0 Å². The Hall–Kier alpha value is -0.850. The standard InChI is InChI=1S/C14H21N/c1-4-5-10-13-14(2,3)11-8-6-7-9-12(11)15-13/h6,8H,4-5,7,9-10H2,1-3H3. The summed E-state index contributed by atoms with van der Waals surface area (Å²) in [4.78, 5) is 4.85. The monoisotopic (exact) mass is 203 g/mol. The van der Waals surface area contributed by atoms with Crippen molar-refractivity contribution in [1.82, 2.24) is 0 Å². The number of rotatable bonds is 3. The topological polar surface area (TPSA) is 12.4 Å². The van der Waals surface area contributed by atoms with E-state index >= 15 is 0 Å². The number of hydrogen-bond donors (Lipinski definition) is 0. The molecule has 2 aliphatic rings. The van der Waals surface area contributed by atoms with Crippen LogP contribution < -0.4 is 0 Å². The van der Waals surface area contributed by atoms with E-state index in [9.17, 15) is 0 Å². The molecule has 2 rings (SSSR count). The molecule has 0 radical (unpaired) electrons. The average Bonchev–Trinajstić information content (AvgIpc) is 2.48. The molecule has 0 saturated heterocycles. The molecule has 0 unspecified atom stereocenters. The zero-order chi connectivity index (χ0) is 10.9. The van der Waals surface area contributed by atoms with Gasteiger partial charge in [-0.2, -0.15) is 0 Å². The zero-order valence-electron chi connectivity index (χ0n) is 10.1. The van der Waals surface area contributed by atoms with Gasteiger partial charge in [-0.3, -0.25) is 4.99 Å². The fraction of sp³-hybridized carbons (Fsp3) is 0.643. The van der Waals surface area contributed by atoms with Crippen LogP contribution in [0.3, 0.4) is 0 Å². The molecule has 15 heavy (non-hydrogen) atoms. The maximum atomic E-state index is 4.85. The van der Waals surface area contributed by atoms with Gasteiger partial charge >= 0.3 is 0 Å². The molecule has 82 valence electrons. The van der Waals surface area contributed by atoms with Crippen molar-refractivity contribution in [2.45, 2.75) is 52.9 Å². The van der Waals surface area contributed by atoms with E-state index in [1.807, 2.05) is 0 Å². The van der Waals surface area contributed by atoms with Crippen LogP contribution in [0, 0.1) is 5.41 Å². The second-order valence-corrected chi connectivity index (χ2v) is 5.09. The summed E-state index contributed by atoms with van der Waals surface area (Å²) in [7, 11) is 0. The van der Waals surface area contributed by atoms with Crippen molar-refractivity contribution in [3.63, 3.8) is 0 Å². The first-order chi connectivity index (χ1) is 7.16. The van der Waals surface area contributed by atoms with E-state index in [1.54, 1.807) is 0 Å². The molecule has 0 N–H and O–H groups in total.